The molecule has 1 rings (SSSR count). The molecule has 0 spiro atoms. The smallest absolute Gasteiger partial charge is 0.335 e. The Hall–Kier alpha value is -2.80. The minimum Gasteiger partial charge on any atom is -0.479 e. The highest BCUT2D eigenvalue weighted by molar-refractivity contribution is 5.74. The van der Waals surface area contributed by atoms with E-state index in [1.807, 2.05) is 0 Å². The molecule has 1 aliphatic heterocycles. The summed E-state index contributed by atoms with van der Waals surface area (Å²) in [5.74, 6) is -3.07. The molecule has 0 aromatic heterocycles. The molecule has 1 fully saturated rings. The van der Waals surface area contributed by atoms with Gasteiger partial charge in [-0.05, 0) is 51.4 Å². The number of allylic oxidation sites excluding steroid dienone is 4. The molecule has 0 aromatic carbocycles. The Morgan fingerprint density at radius 2 is 0.723 bits per heavy atom. The zero-order valence-corrected chi connectivity index (χ0v) is 54.0. The van der Waals surface area contributed by atoms with E-state index in [2.05, 4.69) is 45.1 Å². The van der Waals surface area contributed by atoms with Gasteiger partial charge in [0.1, 0.15) is 18.8 Å². The largest absolute Gasteiger partial charge is 0.479 e. The van der Waals surface area contributed by atoms with Crippen LogP contribution in [0.4, 0.5) is 0 Å². The van der Waals surface area contributed by atoms with Crippen LogP contribution in [0.3, 0.4) is 0 Å². The number of rotatable bonds is 62. The first-order valence-corrected chi connectivity index (χ1v) is 35.3. The quantitative estimate of drug-likeness (QED) is 0.0228. The summed E-state index contributed by atoms with van der Waals surface area (Å²) < 4.78 is 28.6. The predicted octanol–water partition coefficient (Wildman–Crippen LogP) is 19.4. The molecule has 0 amide bonds. The van der Waals surface area contributed by atoms with Gasteiger partial charge in [-0.15, -0.1) is 0 Å². The minimum atomic E-state index is -1.90. The van der Waals surface area contributed by atoms with Crippen molar-refractivity contribution in [3.8, 4) is 0 Å². The van der Waals surface area contributed by atoms with Crippen LogP contribution in [-0.2, 0) is 42.9 Å². The first-order chi connectivity index (χ1) is 40.6. The number of carboxylic acid groups (broad SMARTS) is 1. The molecule has 1 heterocycles. The van der Waals surface area contributed by atoms with Crippen molar-refractivity contribution >= 4 is 23.9 Å². The van der Waals surface area contributed by atoms with Crippen molar-refractivity contribution < 1.29 is 58.2 Å². The van der Waals surface area contributed by atoms with E-state index in [0.717, 1.165) is 70.6 Å². The van der Waals surface area contributed by atoms with Crippen LogP contribution in [0.25, 0.3) is 0 Å². The number of carbonyl (C=O) groups excluding carboxylic acids is 3. The first-order valence-electron chi connectivity index (χ1n) is 35.3. The predicted molar refractivity (Wildman–Crippen MR) is 340 cm³/mol. The third-order valence-electron chi connectivity index (χ3n) is 16.5. The Labute approximate surface area is 508 Å². The number of aliphatic hydroxyl groups excluding tert-OH is 2. The van der Waals surface area contributed by atoms with Crippen LogP contribution >= 0.6 is 0 Å². The zero-order chi connectivity index (χ0) is 60.3. The van der Waals surface area contributed by atoms with Gasteiger partial charge in [0.25, 0.3) is 0 Å². The fourth-order valence-corrected chi connectivity index (χ4v) is 11.1. The van der Waals surface area contributed by atoms with E-state index in [9.17, 15) is 34.5 Å². The van der Waals surface area contributed by atoms with Crippen molar-refractivity contribution in [2.24, 2.45) is 0 Å². The monoisotopic (exact) mass is 1170 g/mol. The van der Waals surface area contributed by atoms with E-state index >= 15 is 0 Å². The van der Waals surface area contributed by atoms with Crippen molar-refractivity contribution in [1.82, 2.24) is 0 Å². The van der Waals surface area contributed by atoms with Gasteiger partial charge in [-0.3, -0.25) is 14.4 Å². The number of esters is 3. The minimum absolute atomic E-state index is 0.0683. The van der Waals surface area contributed by atoms with Crippen molar-refractivity contribution in [2.45, 2.75) is 391 Å². The van der Waals surface area contributed by atoms with Gasteiger partial charge in [0, 0.05) is 19.3 Å². The van der Waals surface area contributed by atoms with Crippen LogP contribution in [0.1, 0.15) is 355 Å². The fourth-order valence-electron chi connectivity index (χ4n) is 11.1. The summed E-state index contributed by atoms with van der Waals surface area (Å²) in [7, 11) is 0. The molecule has 83 heavy (non-hydrogen) atoms. The maximum Gasteiger partial charge on any atom is 0.335 e. The average Bonchev–Trinajstić information content (AvgIpc) is 3.59. The number of hydrogen-bond acceptors (Lipinski definition) is 11. The van der Waals surface area contributed by atoms with E-state index < -0.39 is 67.3 Å². The Kier molecular flexibility index (Phi) is 56.1. The fraction of sp³-hybridized carbons (Fsp3) is 0.887. The second-order valence-electron chi connectivity index (χ2n) is 24.5. The molecule has 1 saturated heterocycles. The van der Waals surface area contributed by atoms with Gasteiger partial charge in [-0.1, -0.05) is 308 Å². The third-order valence-corrected chi connectivity index (χ3v) is 16.5. The summed E-state index contributed by atoms with van der Waals surface area (Å²) in [6.07, 6.45) is 58.4. The lowest BCUT2D eigenvalue weighted by molar-refractivity contribution is -0.301. The zero-order valence-electron chi connectivity index (χ0n) is 54.0. The molecule has 0 bridgehead atoms. The molecule has 3 N–H and O–H groups in total. The highest BCUT2D eigenvalue weighted by atomic mass is 16.7. The Morgan fingerprint density at radius 1 is 0.398 bits per heavy atom. The van der Waals surface area contributed by atoms with E-state index in [1.165, 1.54) is 225 Å². The van der Waals surface area contributed by atoms with Crippen LogP contribution in [0.5, 0.6) is 0 Å². The first kappa shape index (κ1) is 78.2. The summed E-state index contributed by atoms with van der Waals surface area (Å²) in [6.45, 7) is 6.05. The second-order valence-corrected chi connectivity index (χ2v) is 24.5. The lowest BCUT2D eigenvalue weighted by Crippen LogP contribution is -2.61. The summed E-state index contributed by atoms with van der Waals surface area (Å²) in [5.41, 5.74) is 0. The van der Waals surface area contributed by atoms with Gasteiger partial charge in [-0.25, -0.2) is 4.79 Å². The van der Waals surface area contributed by atoms with Crippen LogP contribution in [0.2, 0.25) is 0 Å². The van der Waals surface area contributed by atoms with E-state index in [4.69, 9.17) is 23.7 Å². The van der Waals surface area contributed by atoms with Crippen molar-refractivity contribution in [3.63, 3.8) is 0 Å². The molecule has 12 nitrogen and oxygen atoms in total. The maximum absolute atomic E-state index is 13.2. The number of ether oxygens (including phenoxy) is 5. The number of hydrogen-bond donors (Lipinski definition) is 3. The average molecular weight is 1180 g/mol. The van der Waals surface area contributed by atoms with Gasteiger partial charge in [0.2, 0.25) is 0 Å². The molecular formula is C71H130O12. The lowest BCUT2D eigenvalue weighted by atomic mass is 9.98. The Morgan fingerprint density at radius 3 is 1.11 bits per heavy atom. The van der Waals surface area contributed by atoms with Gasteiger partial charge < -0.3 is 39.0 Å². The summed E-state index contributed by atoms with van der Waals surface area (Å²) in [4.78, 5) is 51.5. The number of aliphatic carboxylic acids is 1. The van der Waals surface area contributed by atoms with Gasteiger partial charge in [0.05, 0.1) is 6.61 Å². The van der Waals surface area contributed by atoms with Crippen molar-refractivity contribution in [1.29, 1.82) is 0 Å². The van der Waals surface area contributed by atoms with Gasteiger partial charge >= 0.3 is 23.9 Å². The molecule has 0 saturated carbocycles. The van der Waals surface area contributed by atoms with E-state index in [1.54, 1.807) is 0 Å². The van der Waals surface area contributed by atoms with Crippen molar-refractivity contribution in [3.05, 3.63) is 24.3 Å². The molecule has 0 aromatic rings. The van der Waals surface area contributed by atoms with Gasteiger partial charge in [-0.2, -0.15) is 0 Å². The topological polar surface area (TPSA) is 175 Å². The van der Waals surface area contributed by atoms with E-state index in [0.29, 0.717) is 19.3 Å². The molecule has 0 aliphatic carbocycles. The molecule has 6 atom stereocenters. The Bertz CT molecular complexity index is 1530. The number of aliphatic hydroxyl groups is 2. The van der Waals surface area contributed by atoms with Crippen LogP contribution < -0.4 is 0 Å². The highest BCUT2D eigenvalue weighted by Crippen LogP contribution is 2.27. The second kappa shape index (κ2) is 59.5. The molecule has 6 unspecified atom stereocenters. The normalized spacial score (nSPS) is 17.6. The third kappa shape index (κ3) is 48.9. The summed E-state index contributed by atoms with van der Waals surface area (Å²) in [5, 5.41) is 31.7. The summed E-state index contributed by atoms with van der Waals surface area (Å²) >= 11 is 0. The summed E-state index contributed by atoms with van der Waals surface area (Å²) in [6, 6.07) is 0. The Balaban J connectivity index is 2.61. The number of unbranched alkanes of at least 4 members (excludes halogenated alkanes) is 44. The highest BCUT2D eigenvalue weighted by Gasteiger charge is 2.50. The van der Waals surface area contributed by atoms with E-state index in [-0.39, 0.29) is 25.9 Å². The lowest BCUT2D eigenvalue weighted by Gasteiger charge is -2.40. The number of carboxylic acids is 1. The van der Waals surface area contributed by atoms with Crippen LogP contribution in [0, 0.1) is 0 Å². The van der Waals surface area contributed by atoms with Gasteiger partial charge in [0.15, 0.2) is 24.6 Å². The number of carbonyl (C=O) groups is 4. The molecule has 1 aliphatic rings. The van der Waals surface area contributed by atoms with Crippen molar-refractivity contribution in [2.75, 3.05) is 13.2 Å². The van der Waals surface area contributed by atoms with Crippen LogP contribution in [-0.4, -0.2) is 89.2 Å². The maximum atomic E-state index is 13.2. The molecular weight excluding hydrogens is 1040 g/mol. The molecule has 12 heteroatoms. The SMILES string of the molecule is CCCCC/C=C\C/C=C\CCCCCCCCCCCC(=O)OCC(COC1OC(C(=O)O)C(O)C(O)C1OC(=O)CCCCCCCCCCCCCCCCCCC)OC(=O)CCCCCCCCCCCCCCCCCCC. The molecule has 0 radical (unpaired) electrons. The van der Waals surface area contributed by atoms with Crippen LogP contribution in [0.15, 0.2) is 24.3 Å². The molecule has 486 valence electrons. The standard InChI is InChI=1S/C71H130O12/c1-4-7-10-13-16-19-22-25-28-31-32-35-36-39-42-45-48-51-54-57-63(72)79-60-62(81-64(73)58-55-52-49-46-43-40-37-33-29-26-23-20-17-14-11-8-5-2)61-80-71-69(67(76)66(75)68(83-71)70(77)78)82-65(74)59-56-53-50-47-44-41-38-34-30-27-24-21-18-15-12-9-6-3/h16,19,25,28,62,66-69,71,75-76H,4-15,17-18,20-24,26-27,29-61H2,1-3H3,(H,77,78)/b19-16-,28-25-.